The Balaban J connectivity index is 1.87. The van der Waals surface area contributed by atoms with E-state index in [9.17, 15) is 29.4 Å². The van der Waals surface area contributed by atoms with Crippen molar-refractivity contribution in [3.05, 3.63) is 24.2 Å². The number of carbonyl (C=O) groups is 4. The van der Waals surface area contributed by atoms with Gasteiger partial charge in [0.25, 0.3) is 0 Å². The summed E-state index contributed by atoms with van der Waals surface area (Å²) in [4.78, 5) is 50.5. The first-order chi connectivity index (χ1) is 16.0. The van der Waals surface area contributed by atoms with Gasteiger partial charge in [0, 0.05) is 31.7 Å². The lowest BCUT2D eigenvalue weighted by Gasteiger charge is -2.63. The molecule has 10 heteroatoms. The van der Waals surface area contributed by atoms with E-state index in [1.54, 1.807) is 13.0 Å². The number of fused-ring (bicyclic) bond motifs is 2. The van der Waals surface area contributed by atoms with Crippen LogP contribution < -0.4 is 0 Å². The summed E-state index contributed by atoms with van der Waals surface area (Å²) in [5, 5.41) is 23.3. The van der Waals surface area contributed by atoms with Crippen LogP contribution in [0.3, 0.4) is 0 Å². The van der Waals surface area contributed by atoms with Crippen molar-refractivity contribution < 1.29 is 48.0 Å². The molecule has 1 aliphatic heterocycles. The highest BCUT2D eigenvalue weighted by molar-refractivity contribution is 5.95. The third kappa shape index (κ3) is 3.38. The Kier molecular flexibility index (Phi) is 6.10. The molecule has 1 aromatic heterocycles. The van der Waals surface area contributed by atoms with Gasteiger partial charge in [0.2, 0.25) is 0 Å². The molecule has 2 aliphatic carbocycles. The molecule has 4 rings (SSSR count). The number of esters is 3. The maximum atomic E-state index is 13.6. The molecule has 0 bridgehead atoms. The molecule has 1 saturated heterocycles. The average Bonchev–Trinajstić information content (AvgIpc) is 3.43. The summed E-state index contributed by atoms with van der Waals surface area (Å²) >= 11 is 0. The van der Waals surface area contributed by atoms with Gasteiger partial charge in [-0.15, -0.1) is 0 Å². The van der Waals surface area contributed by atoms with E-state index in [0.717, 1.165) is 0 Å². The SMILES string of the molecule is CC(=O)OCC1(O)CCCC2C3(CC(c4ccoc4)OC3=O)C(C)C(=O)C(O)C21COC(C)=O. The highest BCUT2D eigenvalue weighted by Crippen LogP contribution is 2.67. The molecule has 0 amide bonds. The molecule has 2 saturated carbocycles. The number of hydrogen-bond acceptors (Lipinski definition) is 10. The molecule has 186 valence electrons. The first-order valence-electron chi connectivity index (χ1n) is 11.4. The third-order valence-electron chi connectivity index (χ3n) is 8.25. The summed E-state index contributed by atoms with van der Waals surface area (Å²) in [5.74, 6) is -4.31. The summed E-state index contributed by atoms with van der Waals surface area (Å²) in [7, 11) is 0. The van der Waals surface area contributed by atoms with E-state index in [4.69, 9.17) is 18.6 Å². The molecule has 7 unspecified atom stereocenters. The van der Waals surface area contributed by atoms with Crippen molar-refractivity contribution in [2.24, 2.45) is 22.7 Å². The van der Waals surface area contributed by atoms with Crippen molar-refractivity contribution in [1.29, 1.82) is 0 Å². The van der Waals surface area contributed by atoms with Gasteiger partial charge in [0.1, 0.15) is 31.0 Å². The van der Waals surface area contributed by atoms with Crippen LogP contribution in [0.5, 0.6) is 0 Å². The zero-order valence-corrected chi connectivity index (χ0v) is 19.4. The van der Waals surface area contributed by atoms with E-state index < -0.39 is 77.4 Å². The Morgan fingerprint density at radius 2 is 1.85 bits per heavy atom. The highest BCUT2D eigenvalue weighted by Gasteiger charge is 2.76. The van der Waals surface area contributed by atoms with Gasteiger partial charge >= 0.3 is 17.9 Å². The number of ether oxygens (including phenoxy) is 3. The number of ketones is 1. The lowest BCUT2D eigenvalue weighted by Crippen LogP contribution is -2.75. The molecule has 3 aliphatic rings. The maximum absolute atomic E-state index is 13.6. The van der Waals surface area contributed by atoms with Crippen LogP contribution in [0.25, 0.3) is 0 Å². The lowest BCUT2D eigenvalue weighted by atomic mass is 9.41. The van der Waals surface area contributed by atoms with Gasteiger partial charge in [0.05, 0.1) is 23.4 Å². The number of carbonyl (C=O) groups excluding carboxylic acids is 4. The Morgan fingerprint density at radius 3 is 2.47 bits per heavy atom. The quantitative estimate of drug-likeness (QED) is 0.470. The van der Waals surface area contributed by atoms with Crippen LogP contribution in [0.15, 0.2) is 23.0 Å². The molecule has 1 aromatic rings. The average molecular weight is 478 g/mol. The molecule has 0 aromatic carbocycles. The van der Waals surface area contributed by atoms with E-state index >= 15 is 0 Å². The van der Waals surface area contributed by atoms with Crippen molar-refractivity contribution in [2.45, 2.75) is 64.3 Å². The fourth-order valence-electron chi connectivity index (χ4n) is 6.54. The van der Waals surface area contributed by atoms with Gasteiger partial charge in [-0.2, -0.15) is 0 Å². The molecular formula is C24H30O10. The second kappa shape index (κ2) is 8.49. The number of aliphatic hydroxyl groups is 2. The monoisotopic (exact) mass is 478 g/mol. The third-order valence-corrected chi connectivity index (χ3v) is 8.25. The van der Waals surface area contributed by atoms with Gasteiger partial charge in [-0.05, 0) is 24.8 Å². The summed E-state index contributed by atoms with van der Waals surface area (Å²) in [6.45, 7) is 2.90. The molecule has 3 fully saturated rings. The minimum Gasteiger partial charge on any atom is -0.472 e. The van der Waals surface area contributed by atoms with Crippen LogP contribution in [-0.2, 0) is 33.4 Å². The standard InChI is InChI=1S/C24H30O10/c1-13-19(27)20(28)24(12-33-15(3)26)18(5-4-7-22(24,30)11-32-14(2)25)23(13)9-17(34-21(23)29)16-6-8-31-10-16/h6,8,10,13,17-18,20,28,30H,4-5,7,9,11-12H2,1-3H3. The second-order valence-corrected chi connectivity index (χ2v) is 9.80. The largest absolute Gasteiger partial charge is 0.472 e. The fraction of sp³-hybridized carbons (Fsp3) is 0.667. The Bertz CT molecular complexity index is 986. The number of cyclic esters (lactones) is 1. The molecule has 7 atom stereocenters. The molecule has 2 heterocycles. The topological polar surface area (TPSA) is 150 Å². The minimum absolute atomic E-state index is 0.0764. The zero-order chi connectivity index (χ0) is 24.9. The van der Waals surface area contributed by atoms with Crippen LogP contribution >= 0.6 is 0 Å². The van der Waals surface area contributed by atoms with Gasteiger partial charge in [-0.3, -0.25) is 19.2 Å². The van der Waals surface area contributed by atoms with E-state index in [1.807, 2.05) is 0 Å². The molecule has 1 spiro atoms. The first-order valence-corrected chi connectivity index (χ1v) is 11.4. The van der Waals surface area contributed by atoms with Crippen molar-refractivity contribution in [2.75, 3.05) is 13.2 Å². The number of Topliss-reactive ketones (excluding diaryl/α,β-unsaturated/α-hetero) is 1. The number of aliphatic hydroxyl groups excluding tert-OH is 1. The highest BCUT2D eigenvalue weighted by atomic mass is 16.6. The van der Waals surface area contributed by atoms with Gasteiger partial charge in [-0.1, -0.05) is 13.3 Å². The Morgan fingerprint density at radius 1 is 1.18 bits per heavy atom. The van der Waals surface area contributed by atoms with Crippen LogP contribution in [0.4, 0.5) is 0 Å². The minimum atomic E-state index is -1.92. The van der Waals surface area contributed by atoms with Crippen molar-refractivity contribution in [1.82, 2.24) is 0 Å². The smallest absolute Gasteiger partial charge is 0.313 e. The van der Waals surface area contributed by atoms with Gasteiger partial charge in [0.15, 0.2) is 5.78 Å². The van der Waals surface area contributed by atoms with Crippen molar-refractivity contribution in [3.8, 4) is 0 Å². The van der Waals surface area contributed by atoms with Gasteiger partial charge in [-0.25, -0.2) is 0 Å². The summed E-state index contributed by atoms with van der Waals surface area (Å²) < 4.78 is 21.3. The van der Waals surface area contributed by atoms with E-state index in [1.165, 1.54) is 26.4 Å². The molecule has 0 radical (unpaired) electrons. The van der Waals surface area contributed by atoms with Crippen molar-refractivity contribution in [3.63, 3.8) is 0 Å². The number of furan rings is 1. The summed E-state index contributed by atoms with van der Waals surface area (Å²) in [6.07, 6.45) is 1.50. The number of hydrogen-bond donors (Lipinski definition) is 2. The van der Waals surface area contributed by atoms with Crippen LogP contribution in [0, 0.1) is 22.7 Å². The van der Waals surface area contributed by atoms with Crippen LogP contribution in [0.2, 0.25) is 0 Å². The van der Waals surface area contributed by atoms with Crippen molar-refractivity contribution >= 4 is 23.7 Å². The normalized spacial score (nSPS) is 39.4. The van der Waals surface area contributed by atoms with Crippen LogP contribution in [-0.4, -0.2) is 58.8 Å². The molecular weight excluding hydrogens is 448 g/mol. The number of rotatable bonds is 5. The molecule has 10 nitrogen and oxygen atoms in total. The Hall–Kier alpha value is -2.72. The lowest BCUT2D eigenvalue weighted by molar-refractivity contribution is -0.266. The first kappa shape index (κ1) is 24.4. The zero-order valence-electron chi connectivity index (χ0n) is 19.4. The van der Waals surface area contributed by atoms with Crippen LogP contribution in [0.1, 0.15) is 58.1 Å². The fourth-order valence-corrected chi connectivity index (χ4v) is 6.54. The van der Waals surface area contributed by atoms with E-state index in [2.05, 4.69) is 0 Å². The summed E-state index contributed by atoms with van der Waals surface area (Å²) in [6, 6.07) is 1.67. The predicted molar refractivity (Wildman–Crippen MR) is 113 cm³/mol. The molecule has 2 N–H and O–H groups in total. The molecule has 34 heavy (non-hydrogen) atoms. The van der Waals surface area contributed by atoms with E-state index in [-0.39, 0.29) is 12.8 Å². The van der Waals surface area contributed by atoms with Gasteiger partial charge < -0.3 is 28.8 Å². The Labute approximate surface area is 196 Å². The predicted octanol–water partition coefficient (Wildman–Crippen LogP) is 1.48. The van der Waals surface area contributed by atoms with E-state index in [0.29, 0.717) is 18.4 Å². The second-order valence-electron chi connectivity index (χ2n) is 9.80. The maximum Gasteiger partial charge on any atom is 0.313 e. The summed E-state index contributed by atoms with van der Waals surface area (Å²) in [5.41, 5.74) is -4.45.